The van der Waals surface area contributed by atoms with Crippen molar-refractivity contribution in [2.75, 3.05) is 6.61 Å². The van der Waals surface area contributed by atoms with Crippen LogP contribution in [0.15, 0.2) is 36.7 Å². The molecule has 0 aliphatic heterocycles. The third-order valence-corrected chi connectivity index (χ3v) is 3.81. The Balaban J connectivity index is 2.08. The lowest BCUT2D eigenvalue weighted by Crippen LogP contribution is -2.14. The molecular formula is C16H18Cl2N2O. The van der Waals surface area contributed by atoms with Gasteiger partial charge >= 0.3 is 0 Å². The smallest absolute Gasteiger partial charge is 0.137 e. The largest absolute Gasteiger partial charge is 0.492 e. The van der Waals surface area contributed by atoms with Gasteiger partial charge in [-0.1, -0.05) is 36.2 Å². The van der Waals surface area contributed by atoms with Gasteiger partial charge in [-0.2, -0.15) is 0 Å². The van der Waals surface area contributed by atoms with Crippen LogP contribution in [0.2, 0.25) is 10.0 Å². The first kappa shape index (κ1) is 16.1. The van der Waals surface area contributed by atoms with Crippen molar-refractivity contribution in [3.05, 3.63) is 57.8 Å². The highest BCUT2D eigenvalue weighted by Crippen LogP contribution is 2.25. The summed E-state index contributed by atoms with van der Waals surface area (Å²) in [5.41, 5.74) is 8.22. The number of ether oxygens (including phenoxy) is 1. The zero-order valence-corrected chi connectivity index (χ0v) is 13.4. The topological polar surface area (TPSA) is 48.1 Å². The Labute approximate surface area is 135 Å². The van der Waals surface area contributed by atoms with E-state index < -0.39 is 0 Å². The predicted molar refractivity (Wildman–Crippen MR) is 87.1 cm³/mol. The van der Waals surface area contributed by atoms with Crippen molar-refractivity contribution in [2.24, 2.45) is 5.73 Å². The van der Waals surface area contributed by atoms with Crippen LogP contribution in [0.3, 0.4) is 0 Å². The SMILES string of the molecule is CCCOc1cncc(C(N)Cc2ccc(Cl)c(Cl)c2)c1. The van der Waals surface area contributed by atoms with Gasteiger partial charge in [0.05, 0.1) is 22.8 Å². The Kier molecular flexibility index (Phi) is 5.85. The van der Waals surface area contributed by atoms with E-state index in [2.05, 4.69) is 11.9 Å². The summed E-state index contributed by atoms with van der Waals surface area (Å²) >= 11 is 11.9. The number of pyridine rings is 1. The minimum atomic E-state index is -0.167. The Morgan fingerprint density at radius 1 is 1.19 bits per heavy atom. The van der Waals surface area contributed by atoms with Crippen molar-refractivity contribution >= 4 is 23.2 Å². The highest BCUT2D eigenvalue weighted by Gasteiger charge is 2.10. The molecule has 1 unspecified atom stereocenters. The first-order valence-electron chi connectivity index (χ1n) is 6.87. The van der Waals surface area contributed by atoms with E-state index >= 15 is 0 Å². The number of benzene rings is 1. The summed E-state index contributed by atoms with van der Waals surface area (Å²) in [5, 5.41) is 1.09. The monoisotopic (exact) mass is 324 g/mol. The molecule has 0 radical (unpaired) electrons. The Morgan fingerprint density at radius 3 is 2.71 bits per heavy atom. The number of rotatable bonds is 6. The van der Waals surface area contributed by atoms with Crippen molar-refractivity contribution in [3.8, 4) is 5.75 Å². The zero-order valence-electron chi connectivity index (χ0n) is 11.9. The molecular weight excluding hydrogens is 307 g/mol. The van der Waals surface area contributed by atoms with Gasteiger partial charge in [-0.05, 0) is 42.2 Å². The average Bonchev–Trinajstić information content (AvgIpc) is 2.49. The van der Waals surface area contributed by atoms with Gasteiger partial charge in [-0.15, -0.1) is 0 Å². The fourth-order valence-electron chi connectivity index (χ4n) is 1.98. The molecule has 0 amide bonds. The molecule has 0 aliphatic rings. The van der Waals surface area contributed by atoms with Crippen LogP contribution in [0.4, 0.5) is 0 Å². The van der Waals surface area contributed by atoms with E-state index in [-0.39, 0.29) is 6.04 Å². The van der Waals surface area contributed by atoms with Crippen LogP contribution in [-0.4, -0.2) is 11.6 Å². The first-order valence-corrected chi connectivity index (χ1v) is 7.63. The summed E-state index contributed by atoms with van der Waals surface area (Å²) in [4.78, 5) is 4.18. The van der Waals surface area contributed by atoms with Gasteiger partial charge in [0.1, 0.15) is 5.75 Å². The maximum atomic E-state index is 6.24. The number of nitrogens with two attached hydrogens (primary N) is 1. The molecule has 112 valence electrons. The molecule has 2 N–H and O–H groups in total. The van der Waals surface area contributed by atoms with E-state index in [1.54, 1.807) is 18.5 Å². The molecule has 5 heteroatoms. The molecule has 2 aromatic rings. The van der Waals surface area contributed by atoms with E-state index in [0.717, 1.165) is 23.3 Å². The van der Waals surface area contributed by atoms with Crippen LogP contribution in [0.5, 0.6) is 5.75 Å². The Hall–Kier alpha value is -1.29. The van der Waals surface area contributed by atoms with E-state index in [1.807, 2.05) is 18.2 Å². The lowest BCUT2D eigenvalue weighted by Gasteiger charge is -2.13. The highest BCUT2D eigenvalue weighted by molar-refractivity contribution is 6.42. The molecule has 1 heterocycles. The van der Waals surface area contributed by atoms with Crippen LogP contribution in [-0.2, 0) is 6.42 Å². The van der Waals surface area contributed by atoms with Gasteiger partial charge in [0.2, 0.25) is 0 Å². The van der Waals surface area contributed by atoms with Crippen molar-refractivity contribution in [2.45, 2.75) is 25.8 Å². The normalized spacial score (nSPS) is 12.2. The molecule has 21 heavy (non-hydrogen) atoms. The van der Waals surface area contributed by atoms with Crippen LogP contribution >= 0.6 is 23.2 Å². The molecule has 3 nitrogen and oxygen atoms in total. The summed E-state index contributed by atoms with van der Waals surface area (Å²) in [6.07, 6.45) is 5.08. The second kappa shape index (κ2) is 7.64. The quantitative estimate of drug-likeness (QED) is 0.855. The van der Waals surface area contributed by atoms with Crippen LogP contribution in [0, 0.1) is 0 Å². The lowest BCUT2D eigenvalue weighted by molar-refractivity contribution is 0.315. The van der Waals surface area contributed by atoms with Gasteiger partial charge in [-0.25, -0.2) is 0 Å². The predicted octanol–water partition coefficient (Wildman–Crippen LogP) is 4.42. The van der Waals surface area contributed by atoms with E-state index in [0.29, 0.717) is 23.1 Å². The van der Waals surface area contributed by atoms with Crippen LogP contribution < -0.4 is 10.5 Å². The minimum absolute atomic E-state index is 0.167. The van der Waals surface area contributed by atoms with Crippen LogP contribution in [0.25, 0.3) is 0 Å². The lowest BCUT2D eigenvalue weighted by atomic mass is 10.0. The summed E-state index contributed by atoms with van der Waals surface area (Å²) in [6, 6.07) is 7.32. The van der Waals surface area contributed by atoms with E-state index in [4.69, 9.17) is 33.7 Å². The molecule has 1 aromatic heterocycles. The van der Waals surface area contributed by atoms with Gasteiger partial charge < -0.3 is 10.5 Å². The molecule has 0 spiro atoms. The van der Waals surface area contributed by atoms with Gasteiger partial charge in [0, 0.05) is 12.2 Å². The summed E-state index contributed by atoms with van der Waals surface area (Å²) in [5.74, 6) is 0.749. The van der Waals surface area contributed by atoms with Gasteiger partial charge in [0.15, 0.2) is 0 Å². The third kappa shape index (κ3) is 4.60. The number of nitrogens with zero attached hydrogens (tertiary/aromatic N) is 1. The first-order chi connectivity index (χ1) is 10.1. The number of hydrogen-bond acceptors (Lipinski definition) is 3. The standard InChI is InChI=1S/C16H18Cl2N2O/c1-2-5-21-13-8-12(9-20-10-13)16(19)7-11-3-4-14(17)15(18)6-11/h3-4,6,8-10,16H,2,5,7,19H2,1H3. The second-order valence-electron chi connectivity index (χ2n) is 4.86. The van der Waals surface area contributed by atoms with Crippen molar-refractivity contribution in [3.63, 3.8) is 0 Å². The molecule has 1 aromatic carbocycles. The Bertz CT molecular complexity index is 605. The maximum absolute atomic E-state index is 6.24. The summed E-state index contributed by atoms with van der Waals surface area (Å²) in [7, 11) is 0. The third-order valence-electron chi connectivity index (χ3n) is 3.07. The number of aromatic nitrogens is 1. The van der Waals surface area contributed by atoms with Gasteiger partial charge in [-0.3, -0.25) is 4.98 Å². The average molecular weight is 325 g/mol. The number of hydrogen-bond donors (Lipinski definition) is 1. The molecule has 2 rings (SSSR count). The van der Waals surface area contributed by atoms with Crippen molar-refractivity contribution in [1.82, 2.24) is 4.98 Å². The fourth-order valence-corrected chi connectivity index (χ4v) is 2.30. The van der Waals surface area contributed by atoms with Gasteiger partial charge in [0.25, 0.3) is 0 Å². The molecule has 0 aliphatic carbocycles. The summed E-state index contributed by atoms with van der Waals surface area (Å²) in [6.45, 7) is 2.74. The molecule has 0 saturated carbocycles. The fraction of sp³-hybridized carbons (Fsp3) is 0.312. The highest BCUT2D eigenvalue weighted by atomic mass is 35.5. The molecule has 0 saturated heterocycles. The van der Waals surface area contributed by atoms with Crippen molar-refractivity contribution < 1.29 is 4.74 Å². The maximum Gasteiger partial charge on any atom is 0.137 e. The van der Waals surface area contributed by atoms with Crippen LogP contribution in [0.1, 0.15) is 30.5 Å². The zero-order chi connectivity index (χ0) is 15.2. The van der Waals surface area contributed by atoms with Crippen molar-refractivity contribution in [1.29, 1.82) is 0 Å². The molecule has 0 fully saturated rings. The second-order valence-corrected chi connectivity index (χ2v) is 5.68. The minimum Gasteiger partial charge on any atom is -0.492 e. The molecule has 0 bridgehead atoms. The van der Waals surface area contributed by atoms with E-state index in [9.17, 15) is 0 Å². The molecule has 1 atom stereocenters. The Morgan fingerprint density at radius 2 is 2.00 bits per heavy atom. The number of halogens is 2. The van der Waals surface area contributed by atoms with E-state index in [1.165, 1.54) is 0 Å². The summed E-state index contributed by atoms with van der Waals surface area (Å²) < 4.78 is 5.57.